The molecule has 0 aromatic heterocycles. The van der Waals surface area contributed by atoms with E-state index in [1.807, 2.05) is 0 Å². The highest BCUT2D eigenvalue weighted by atomic mass is 35.5. The maximum atomic E-state index is 11.6. The molecule has 0 spiro atoms. The summed E-state index contributed by atoms with van der Waals surface area (Å²) in [6.45, 7) is 0.189. The summed E-state index contributed by atoms with van der Waals surface area (Å²) in [4.78, 5) is 11.6. The second-order valence-corrected chi connectivity index (χ2v) is 5.51. The van der Waals surface area contributed by atoms with E-state index in [4.69, 9.17) is 39.5 Å². The molecule has 108 valence electrons. The van der Waals surface area contributed by atoms with Gasteiger partial charge in [0.05, 0.1) is 0 Å². The Bertz CT molecular complexity index is 664. The van der Waals surface area contributed by atoms with Crippen molar-refractivity contribution in [1.29, 1.82) is 0 Å². The Hall–Kier alpha value is -1.48. The maximum Gasteiger partial charge on any atom is 0.331 e. The molecule has 0 saturated carbocycles. The van der Waals surface area contributed by atoms with Gasteiger partial charge >= 0.3 is 5.97 Å². The summed E-state index contributed by atoms with van der Waals surface area (Å²) in [5.74, 6) is -0.448. The number of benzene rings is 2. The minimum absolute atomic E-state index is 0.189. The molecule has 0 heterocycles. The van der Waals surface area contributed by atoms with Crippen molar-refractivity contribution in [2.45, 2.75) is 6.61 Å². The molecular weight excluding hydrogens is 331 g/mol. The third-order valence-corrected chi connectivity index (χ3v) is 3.47. The van der Waals surface area contributed by atoms with Crippen LogP contribution in [0.4, 0.5) is 0 Å². The highest BCUT2D eigenvalue weighted by molar-refractivity contribution is 6.35. The number of ether oxygens (including phenoxy) is 1. The molecular formula is C16H11Cl3O2. The first kappa shape index (κ1) is 15.9. The van der Waals surface area contributed by atoms with Crippen LogP contribution in [-0.2, 0) is 16.1 Å². The lowest BCUT2D eigenvalue weighted by Gasteiger charge is -2.02. The molecule has 0 unspecified atom stereocenters. The Labute approximate surface area is 137 Å². The Balaban J connectivity index is 1.92. The van der Waals surface area contributed by atoms with Crippen molar-refractivity contribution in [2.24, 2.45) is 0 Å². The number of hydrogen-bond donors (Lipinski definition) is 0. The third kappa shape index (κ3) is 5.09. The molecule has 0 aliphatic carbocycles. The topological polar surface area (TPSA) is 26.3 Å². The van der Waals surface area contributed by atoms with Gasteiger partial charge in [-0.25, -0.2) is 4.79 Å². The van der Waals surface area contributed by atoms with E-state index in [-0.39, 0.29) is 6.61 Å². The monoisotopic (exact) mass is 340 g/mol. The minimum Gasteiger partial charge on any atom is -0.458 e. The number of esters is 1. The Kier molecular flexibility index (Phi) is 5.68. The lowest BCUT2D eigenvalue weighted by Crippen LogP contribution is -2.00. The first-order valence-electron chi connectivity index (χ1n) is 6.09. The van der Waals surface area contributed by atoms with Gasteiger partial charge < -0.3 is 4.74 Å². The fourth-order valence-corrected chi connectivity index (χ4v) is 2.18. The molecule has 0 aliphatic rings. The molecule has 0 saturated heterocycles. The van der Waals surface area contributed by atoms with Crippen molar-refractivity contribution in [3.8, 4) is 0 Å². The average Bonchev–Trinajstić information content (AvgIpc) is 2.46. The molecule has 0 fully saturated rings. The van der Waals surface area contributed by atoms with Gasteiger partial charge in [-0.15, -0.1) is 0 Å². The van der Waals surface area contributed by atoms with Gasteiger partial charge in [-0.05, 0) is 41.5 Å². The Morgan fingerprint density at radius 2 is 1.67 bits per heavy atom. The molecule has 2 aromatic rings. The van der Waals surface area contributed by atoms with Gasteiger partial charge in [0.1, 0.15) is 6.61 Å². The standard InChI is InChI=1S/C16H11Cl3O2/c17-13-5-1-11(2-6-13)10-21-16(20)8-4-12-3-7-14(18)9-15(12)19/h1-9H,10H2/b8-4+. The summed E-state index contributed by atoms with van der Waals surface area (Å²) < 4.78 is 5.12. The van der Waals surface area contributed by atoms with Crippen LogP contribution in [0.5, 0.6) is 0 Å². The second kappa shape index (κ2) is 7.51. The van der Waals surface area contributed by atoms with Gasteiger partial charge in [-0.2, -0.15) is 0 Å². The molecule has 2 aromatic carbocycles. The average molecular weight is 342 g/mol. The van der Waals surface area contributed by atoms with Gasteiger partial charge in [0.2, 0.25) is 0 Å². The van der Waals surface area contributed by atoms with E-state index in [2.05, 4.69) is 0 Å². The van der Waals surface area contributed by atoms with Crippen molar-refractivity contribution >= 4 is 46.8 Å². The van der Waals surface area contributed by atoms with Crippen LogP contribution in [-0.4, -0.2) is 5.97 Å². The summed E-state index contributed by atoms with van der Waals surface area (Å²) in [5.41, 5.74) is 1.56. The van der Waals surface area contributed by atoms with E-state index in [0.29, 0.717) is 20.6 Å². The molecule has 0 bridgehead atoms. The first-order valence-corrected chi connectivity index (χ1v) is 7.22. The fourth-order valence-electron chi connectivity index (χ4n) is 1.58. The number of hydrogen-bond acceptors (Lipinski definition) is 2. The summed E-state index contributed by atoms with van der Waals surface area (Å²) in [7, 11) is 0. The maximum absolute atomic E-state index is 11.6. The van der Waals surface area contributed by atoms with E-state index in [1.54, 1.807) is 48.5 Å². The van der Waals surface area contributed by atoms with Crippen molar-refractivity contribution in [3.05, 3.63) is 74.7 Å². The molecule has 2 nitrogen and oxygen atoms in total. The smallest absolute Gasteiger partial charge is 0.331 e. The predicted molar refractivity (Wildman–Crippen MR) is 86.7 cm³/mol. The quantitative estimate of drug-likeness (QED) is 0.549. The van der Waals surface area contributed by atoms with Crippen LogP contribution in [0, 0.1) is 0 Å². The molecule has 5 heteroatoms. The highest BCUT2D eigenvalue weighted by Crippen LogP contribution is 2.22. The normalized spacial score (nSPS) is 10.8. The van der Waals surface area contributed by atoms with E-state index >= 15 is 0 Å². The molecule has 21 heavy (non-hydrogen) atoms. The second-order valence-electron chi connectivity index (χ2n) is 4.23. The SMILES string of the molecule is O=C(/C=C/c1ccc(Cl)cc1Cl)OCc1ccc(Cl)cc1. The zero-order valence-electron chi connectivity index (χ0n) is 10.9. The number of rotatable bonds is 4. The lowest BCUT2D eigenvalue weighted by atomic mass is 10.2. The van der Waals surface area contributed by atoms with Crippen LogP contribution in [0.25, 0.3) is 6.08 Å². The van der Waals surface area contributed by atoms with Crippen LogP contribution in [0.3, 0.4) is 0 Å². The first-order chi connectivity index (χ1) is 10.0. The molecule has 0 N–H and O–H groups in total. The van der Waals surface area contributed by atoms with E-state index < -0.39 is 5.97 Å². The van der Waals surface area contributed by atoms with Gasteiger partial charge in [0, 0.05) is 21.1 Å². The molecule has 0 atom stereocenters. The Morgan fingerprint density at radius 1 is 1.00 bits per heavy atom. The van der Waals surface area contributed by atoms with E-state index in [1.165, 1.54) is 6.08 Å². The zero-order chi connectivity index (χ0) is 15.2. The molecule has 0 radical (unpaired) electrons. The fraction of sp³-hybridized carbons (Fsp3) is 0.0625. The van der Waals surface area contributed by atoms with Gasteiger partial charge in [0.15, 0.2) is 0 Å². The summed E-state index contributed by atoms with van der Waals surface area (Å²) in [6.07, 6.45) is 2.91. The predicted octanol–water partition coefficient (Wildman–Crippen LogP) is 5.40. The van der Waals surface area contributed by atoms with Gasteiger partial charge in [-0.1, -0.05) is 53.0 Å². The number of carbonyl (C=O) groups is 1. The van der Waals surface area contributed by atoms with Crippen LogP contribution in [0.15, 0.2) is 48.5 Å². The number of carbonyl (C=O) groups excluding carboxylic acids is 1. The lowest BCUT2D eigenvalue weighted by molar-refractivity contribution is -0.138. The largest absolute Gasteiger partial charge is 0.458 e. The molecule has 2 rings (SSSR count). The van der Waals surface area contributed by atoms with Crippen molar-refractivity contribution < 1.29 is 9.53 Å². The van der Waals surface area contributed by atoms with Crippen molar-refractivity contribution in [1.82, 2.24) is 0 Å². The summed E-state index contributed by atoms with van der Waals surface area (Å²) in [6, 6.07) is 12.1. The molecule has 0 aliphatic heterocycles. The van der Waals surface area contributed by atoms with Gasteiger partial charge in [0.25, 0.3) is 0 Å². The molecule has 0 amide bonds. The van der Waals surface area contributed by atoms with Crippen LogP contribution in [0.1, 0.15) is 11.1 Å². The minimum atomic E-state index is -0.448. The van der Waals surface area contributed by atoms with E-state index in [0.717, 1.165) is 5.56 Å². The van der Waals surface area contributed by atoms with Crippen molar-refractivity contribution in [2.75, 3.05) is 0 Å². The zero-order valence-corrected chi connectivity index (χ0v) is 13.1. The van der Waals surface area contributed by atoms with Crippen molar-refractivity contribution in [3.63, 3.8) is 0 Å². The van der Waals surface area contributed by atoms with Crippen LogP contribution < -0.4 is 0 Å². The van der Waals surface area contributed by atoms with Crippen LogP contribution in [0.2, 0.25) is 15.1 Å². The Morgan fingerprint density at radius 3 is 2.33 bits per heavy atom. The van der Waals surface area contributed by atoms with E-state index in [9.17, 15) is 4.79 Å². The summed E-state index contributed by atoms with van der Waals surface area (Å²) >= 11 is 17.6. The highest BCUT2D eigenvalue weighted by Gasteiger charge is 2.01. The summed E-state index contributed by atoms with van der Waals surface area (Å²) in [5, 5.41) is 1.66. The van der Waals surface area contributed by atoms with Crippen LogP contribution >= 0.6 is 34.8 Å². The third-order valence-electron chi connectivity index (χ3n) is 2.66. The van der Waals surface area contributed by atoms with Gasteiger partial charge in [-0.3, -0.25) is 0 Å². The number of halogens is 3.